The summed E-state index contributed by atoms with van der Waals surface area (Å²) in [5.41, 5.74) is 1.80. The number of halogens is 1. The lowest BCUT2D eigenvalue weighted by atomic mass is 10.2. The molecule has 1 aliphatic heterocycles. The summed E-state index contributed by atoms with van der Waals surface area (Å²) in [7, 11) is 0. The fourth-order valence-electron chi connectivity index (χ4n) is 2.37. The zero-order valence-electron chi connectivity index (χ0n) is 10.3. The largest absolute Gasteiger partial charge is 0.295 e. The zero-order chi connectivity index (χ0) is 13.2. The van der Waals surface area contributed by atoms with Gasteiger partial charge < -0.3 is 0 Å². The first-order valence-electron chi connectivity index (χ1n) is 6.06. The Morgan fingerprint density at radius 2 is 2.32 bits per heavy atom. The smallest absolute Gasteiger partial charge is 0.252 e. The average Bonchev–Trinajstić information content (AvgIpc) is 2.85. The summed E-state index contributed by atoms with van der Waals surface area (Å²) < 4.78 is 2.11. The predicted molar refractivity (Wildman–Crippen MR) is 71.6 cm³/mol. The molecule has 0 saturated carbocycles. The summed E-state index contributed by atoms with van der Waals surface area (Å²) >= 11 is 5.79. The third kappa shape index (κ3) is 2.25. The molecule has 0 aromatic carbocycles. The molecular formula is C14H12ClN4+. The standard InChI is InChI=1S/C14H12ClN4/c15-13-4-3-11(9-17-13)10-19-7-6-18-5-1-2-12(8-16)14(18)19/h1-5,9H,6-7,10H2/q+1. The van der Waals surface area contributed by atoms with Gasteiger partial charge in [-0.2, -0.15) is 5.26 Å². The first-order chi connectivity index (χ1) is 9.28. The van der Waals surface area contributed by atoms with Gasteiger partial charge in [-0.05, 0) is 18.2 Å². The van der Waals surface area contributed by atoms with Gasteiger partial charge in [0.1, 0.15) is 36.4 Å². The number of fused-ring (bicyclic) bond motifs is 1. The molecule has 19 heavy (non-hydrogen) atoms. The molecule has 0 spiro atoms. The average molecular weight is 272 g/mol. The van der Waals surface area contributed by atoms with Crippen LogP contribution < -0.4 is 9.47 Å². The highest BCUT2D eigenvalue weighted by molar-refractivity contribution is 6.29. The summed E-state index contributed by atoms with van der Waals surface area (Å²) in [6.45, 7) is 2.55. The van der Waals surface area contributed by atoms with Crippen molar-refractivity contribution in [3.05, 3.63) is 52.9 Å². The van der Waals surface area contributed by atoms with Crippen molar-refractivity contribution in [1.29, 1.82) is 5.26 Å². The van der Waals surface area contributed by atoms with E-state index in [-0.39, 0.29) is 0 Å². The van der Waals surface area contributed by atoms with E-state index in [2.05, 4.69) is 20.5 Å². The Labute approximate surface area is 116 Å². The minimum absolute atomic E-state index is 0.498. The van der Waals surface area contributed by atoms with Crippen LogP contribution in [-0.2, 0) is 13.1 Å². The minimum Gasteiger partial charge on any atom is -0.252 e. The summed E-state index contributed by atoms with van der Waals surface area (Å²) in [5, 5.41) is 9.70. The number of hydrogen-bond donors (Lipinski definition) is 0. The maximum atomic E-state index is 9.20. The monoisotopic (exact) mass is 271 g/mol. The Balaban J connectivity index is 1.90. The molecule has 94 valence electrons. The van der Waals surface area contributed by atoms with E-state index in [1.165, 1.54) is 0 Å². The number of anilines is 1. The van der Waals surface area contributed by atoms with Crippen LogP contribution in [-0.4, -0.2) is 11.5 Å². The number of rotatable bonds is 2. The maximum absolute atomic E-state index is 9.20. The molecule has 4 nitrogen and oxygen atoms in total. The first kappa shape index (κ1) is 11.9. The fraction of sp³-hybridized carbons (Fsp3) is 0.214. The Morgan fingerprint density at radius 3 is 3.05 bits per heavy atom. The molecule has 3 rings (SSSR count). The van der Waals surface area contributed by atoms with Gasteiger partial charge in [0, 0.05) is 11.8 Å². The van der Waals surface area contributed by atoms with Crippen molar-refractivity contribution in [2.24, 2.45) is 0 Å². The van der Waals surface area contributed by atoms with Crippen LogP contribution in [0.4, 0.5) is 5.82 Å². The van der Waals surface area contributed by atoms with Crippen LogP contribution in [0.2, 0.25) is 5.15 Å². The maximum Gasteiger partial charge on any atom is 0.295 e. The number of hydrogen-bond acceptors (Lipinski definition) is 3. The first-order valence-corrected chi connectivity index (χ1v) is 6.43. The molecule has 0 amide bonds. The van der Waals surface area contributed by atoms with Gasteiger partial charge in [-0.1, -0.05) is 17.7 Å². The van der Waals surface area contributed by atoms with E-state index in [9.17, 15) is 5.26 Å². The summed E-state index contributed by atoms with van der Waals surface area (Å²) in [6, 6.07) is 9.77. The quantitative estimate of drug-likeness (QED) is 0.619. The Morgan fingerprint density at radius 1 is 1.42 bits per heavy atom. The van der Waals surface area contributed by atoms with E-state index in [4.69, 9.17) is 11.6 Å². The zero-order valence-corrected chi connectivity index (χ0v) is 11.0. The van der Waals surface area contributed by atoms with Crippen molar-refractivity contribution < 1.29 is 4.57 Å². The molecule has 0 saturated heterocycles. The predicted octanol–water partition coefficient (Wildman–Crippen LogP) is 1.91. The lowest BCUT2D eigenvalue weighted by Gasteiger charge is -2.11. The van der Waals surface area contributed by atoms with Crippen LogP contribution in [0.5, 0.6) is 0 Å². The Kier molecular flexibility index (Phi) is 3.06. The number of nitrogens with zero attached hydrogens (tertiary/aromatic N) is 4. The molecule has 3 heterocycles. The van der Waals surface area contributed by atoms with Crippen LogP contribution in [0.25, 0.3) is 0 Å². The summed E-state index contributed by atoms with van der Waals surface area (Å²) in [5.74, 6) is 0.986. The molecule has 2 aromatic rings. The highest BCUT2D eigenvalue weighted by Gasteiger charge is 2.30. The van der Waals surface area contributed by atoms with Crippen LogP contribution in [0, 0.1) is 11.3 Å². The molecule has 0 N–H and O–H groups in total. The van der Waals surface area contributed by atoms with Crippen molar-refractivity contribution in [2.75, 3.05) is 11.4 Å². The highest BCUT2D eigenvalue weighted by atomic mass is 35.5. The van der Waals surface area contributed by atoms with Crippen molar-refractivity contribution in [3.8, 4) is 6.07 Å². The van der Waals surface area contributed by atoms with E-state index in [0.717, 1.165) is 31.0 Å². The molecule has 0 atom stereocenters. The normalized spacial score (nSPS) is 13.2. The van der Waals surface area contributed by atoms with E-state index in [0.29, 0.717) is 10.7 Å². The molecule has 0 bridgehead atoms. The van der Waals surface area contributed by atoms with Gasteiger partial charge in [0.05, 0.1) is 6.20 Å². The van der Waals surface area contributed by atoms with Gasteiger partial charge in [-0.25, -0.2) is 9.55 Å². The summed E-state index contributed by atoms with van der Waals surface area (Å²) in [4.78, 5) is 6.28. The van der Waals surface area contributed by atoms with E-state index in [1.54, 1.807) is 12.3 Å². The molecule has 2 aromatic heterocycles. The van der Waals surface area contributed by atoms with Crippen molar-refractivity contribution >= 4 is 17.4 Å². The van der Waals surface area contributed by atoms with Crippen LogP contribution in [0.3, 0.4) is 0 Å². The van der Waals surface area contributed by atoms with Crippen LogP contribution in [0.15, 0.2) is 36.7 Å². The Bertz CT molecular complexity index is 645. The molecular weight excluding hydrogens is 260 g/mol. The number of aromatic nitrogens is 2. The van der Waals surface area contributed by atoms with E-state index in [1.807, 2.05) is 24.4 Å². The highest BCUT2D eigenvalue weighted by Crippen LogP contribution is 2.21. The number of pyridine rings is 2. The van der Waals surface area contributed by atoms with Crippen molar-refractivity contribution in [1.82, 2.24) is 4.98 Å². The molecule has 1 aliphatic rings. The third-order valence-electron chi connectivity index (χ3n) is 3.23. The van der Waals surface area contributed by atoms with Gasteiger partial charge in [0.2, 0.25) is 0 Å². The molecule has 5 heteroatoms. The lowest BCUT2D eigenvalue weighted by Crippen LogP contribution is -2.31. The Hall–Kier alpha value is -2.12. The van der Waals surface area contributed by atoms with Crippen LogP contribution >= 0.6 is 11.6 Å². The summed E-state index contributed by atoms with van der Waals surface area (Å²) in [6.07, 6.45) is 3.79. The third-order valence-corrected chi connectivity index (χ3v) is 3.46. The van der Waals surface area contributed by atoms with Gasteiger partial charge in [-0.3, -0.25) is 4.90 Å². The molecule has 0 radical (unpaired) electrons. The van der Waals surface area contributed by atoms with Gasteiger partial charge in [0.15, 0.2) is 0 Å². The van der Waals surface area contributed by atoms with Crippen LogP contribution in [0.1, 0.15) is 11.1 Å². The molecule has 0 unspecified atom stereocenters. The second-order valence-corrected chi connectivity index (χ2v) is 4.85. The van der Waals surface area contributed by atoms with E-state index >= 15 is 0 Å². The molecule has 0 fully saturated rings. The lowest BCUT2D eigenvalue weighted by molar-refractivity contribution is -0.671. The SMILES string of the molecule is N#Cc1ccc[n+]2c1N(Cc1ccc(Cl)nc1)CC2. The van der Waals surface area contributed by atoms with Crippen molar-refractivity contribution in [2.45, 2.75) is 13.1 Å². The second-order valence-electron chi connectivity index (χ2n) is 4.46. The number of nitriles is 1. The topological polar surface area (TPSA) is 43.8 Å². The fourth-order valence-corrected chi connectivity index (χ4v) is 2.48. The van der Waals surface area contributed by atoms with Gasteiger partial charge in [-0.15, -0.1) is 0 Å². The van der Waals surface area contributed by atoms with Gasteiger partial charge >= 0.3 is 0 Å². The van der Waals surface area contributed by atoms with E-state index < -0.39 is 0 Å². The molecule has 0 aliphatic carbocycles. The van der Waals surface area contributed by atoms with Gasteiger partial charge in [0.25, 0.3) is 5.82 Å². The second kappa shape index (κ2) is 4.87. The van der Waals surface area contributed by atoms with Crippen molar-refractivity contribution in [3.63, 3.8) is 0 Å². The minimum atomic E-state index is 0.498.